The lowest BCUT2D eigenvalue weighted by Gasteiger charge is -2.04. The maximum absolute atomic E-state index is 5.83. The second-order valence-electron chi connectivity index (χ2n) is 3.06. The molecule has 0 amide bonds. The average molecular weight is 143 g/mol. The Hall–Kier alpha value is -0.915. The van der Waals surface area contributed by atoms with E-state index < -0.39 is 0 Å². The van der Waals surface area contributed by atoms with Crippen molar-refractivity contribution in [1.29, 1.82) is 0 Å². The van der Waals surface area contributed by atoms with Gasteiger partial charge in [-0.05, 0) is 30.5 Å². The first-order valence-electron chi connectivity index (χ1n) is 3.90. The summed E-state index contributed by atoms with van der Waals surface area (Å²) in [6.07, 6.45) is 1.07. The lowest BCUT2D eigenvalue weighted by molar-refractivity contribution is 1.11. The van der Waals surface area contributed by atoms with Crippen molar-refractivity contribution in [1.82, 2.24) is 0 Å². The minimum Gasteiger partial charge on any atom is -0.384 e. The van der Waals surface area contributed by atoms with Gasteiger partial charge in [0.15, 0.2) is 0 Å². The van der Waals surface area contributed by atoms with Gasteiger partial charge in [-0.25, -0.2) is 0 Å². The smallest absolute Gasteiger partial charge is 0.114 e. The summed E-state index contributed by atoms with van der Waals surface area (Å²) < 4.78 is 0. The summed E-state index contributed by atoms with van der Waals surface area (Å²) in [5.74, 6) is 0. The predicted octanol–water partition coefficient (Wildman–Crippen LogP) is 0.757. The van der Waals surface area contributed by atoms with Gasteiger partial charge in [-0.15, -0.1) is 0 Å². The van der Waals surface area contributed by atoms with Crippen LogP contribution in [0.2, 0.25) is 0 Å². The monoisotopic (exact) mass is 143 g/mol. The van der Waals surface area contributed by atoms with Crippen LogP contribution in [-0.4, -0.2) is 14.4 Å². The summed E-state index contributed by atoms with van der Waals surface area (Å²) in [6, 6.07) is 4.19. The predicted molar refractivity (Wildman–Crippen MR) is 48.8 cm³/mol. The van der Waals surface area contributed by atoms with Crippen LogP contribution < -0.4 is 10.8 Å². The third-order valence-corrected chi connectivity index (χ3v) is 2.12. The molecular weight excluding hydrogens is 133 g/mol. The average Bonchev–Trinajstić information content (AvgIpc) is 2.34. The number of benzene rings is 1. The van der Waals surface area contributed by atoms with Gasteiger partial charge < -0.3 is 5.32 Å². The number of hydrogen-bond donors (Lipinski definition) is 1. The number of hydrogen-bond acceptors (Lipinski definition) is 1. The van der Waals surface area contributed by atoms with Gasteiger partial charge in [0.2, 0.25) is 0 Å². The molecule has 0 atom stereocenters. The Morgan fingerprint density at radius 3 is 3.09 bits per heavy atom. The van der Waals surface area contributed by atoms with E-state index in [-0.39, 0.29) is 0 Å². The molecule has 0 aromatic heterocycles. The molecule has 11 heavy (non-hydrogen) atoms. The van der Waals surface area contributed by atoms with Crippen LogP contribution in [0.3, 0.4) is 0 Å². The number of anilines is 1. The highest BCUT2D eigenvalue weighted by molar-refractivity contribution is 6.34. The van der Waals surface area contributed by atoms with Crippen molar-refractivity contribution in [3.63, 3.8) is 0 Å². The van der Waals surface area contributed by atoms with E-state index in [1.54, 1.807) is 0 Å². The van der Waals surface area contributed by atoms with Crippen molar-refractivity contribution in [2.75, 3.05) is 11.9 Å². The Morgan fingerprint density at radius 2 is 2.27 bits per heavy atom. The van der Waals surface area contributed by atoms with E-state index in [4.69, 9.17) is 7.85 Å². The summed E-state index contributed by atoms with van der Waals surface area (Å²) in [5, 5.41) is 3.30. The molecule has 0 saturated carbocycles. The van der Waals surface area contributed by atoms with Crippen LogP contribution in [-0.2, 0) is 6.42 Å². The fourth-order valence-corrected chi connectivity index (χ4v) is 1.60. The van der Waals surface area contributed by atoms with Crippen molar-refractivity contribution in [2.24, 2.45) is 0 Å². The molecular formula is C9H10BN. The van der Waals surface area contributed by atoms with Gasteiger partial charge >= 0.3 is 0 Å². The van der Waals surface area contributed by atoms with Crippen LogP contribution in [0, 0.1) is 6.92 Å². The lowest BCUT2D eigenvalue weighted by Crippen LogP contribution is -2.08. The molecule has 1 heterocycles. The highest BCUT2D eigenvalue weighted by Crippen LogP contribution is 2.20. The summed E-state index contributed by atoms with van der Waals surface area (Å²) >= 11 is 0. The molecule has 2 rings (SSSR count). The zero-order chi connectivity index (χ0) is 7.84. The molecule has 54 valence electrons. The molecule has 0 saturated heterocycles. The van der Waals surface area contributed by atoms with Crippen LogP contribution >= 0.6 is 0 Å². The summed E-state index contributed by atoms with van der Waals surface area (Å²) in [5.41, 5.74) is 4.68. The fraction of sp³-hybridized carbons (Fsp3) is 0.333. The molecule has 0 unspecified atom stereocenters. The third-order valence-electron chi connectivity index (χ3n) is 2.12. The van der Waals surface area contributed by atoms with E-state index in [0.717, 1.165) is 18.4 Å². The summed E-state index contributed by atoms with van der Waals surface area (Å²) in [7, 11) is 5.83. The second kappa shape index (κ2) is 2.30. The first kappa shape index (κ1) is 6.77. The van der Waals surface area contributed by atoms with E-state index in [2.05, 4.69) is 18.3 Å². The molecule has 0 spiro atoms. The first-order chi connectivity index (χ1) is 5.27. The Balaban J connectivity index is 2.60. The van der Waals surface area contributed by atoms with Gasteiger partial charge in [0.05, 0.1) is 0 Å². The molecule has 0 fully saturated rings. The Morgan fingerprint density at radius 1 is 1.45 bits per heavy atom. The highest BCUT2D eigenvalue weighted by atomic mass is 14.9. The van der Waals surface area contributed by atoms with Gasteiger partial charge in [0, 0.05) is 12.2 Å². The molecule has 1 aliphatic rings. The van der Waals surface area contributed by atoms with Crippen LogP contribution in [0.25, 0.3) is 0 Å². The minimum absolute atomic E-state index is 0.935. The highest BCUT2D eigenvalue weighted by Gasteiger charge is 2.11. The zero-order valence-electron chi connectivity index (χ0n) is 6.65. The Bertz CT molecular complexity index is 294. The molecule has 1 aromatic carbocycles. The van der Waals surface area contributed by atoms with Gasteiger partial charge in [0.25, 0.3) is 0 Å². The van der Waals surface area contributed by atoms with Crippen LogP contribution in [0.1, 0.15) is 11.1 Å². The second-order valence-corrected chi connectivity index (χ2v) is 3.06. The van der Waals surface area contributed by atoms with Crippen LogP contribution in [0.4, 0.5) is 5.69 Å². The summed E-state index contributed by atoms with van der Waals surface area (Å²) in [4.78, 5) is 0. The number of rotatable bonds is 0. The van der Waals surface area contributed by atoms with E-state index in [0.29, 0.717) is 0 Å². The molecule has 0 aliphatic carbocycles. The third kappa shape index (κ3) is 1.03. The number of aryl methyl sites for hydroxylation is 1. The molecule has 2 heteroatoms. The first-order valence-corrected chi connectivity index (χ1v) is 3.90. The number of nitrogens with one attached hydrogen (secondary N) is 1. The summed E-state index contributed by atoms with van der Waals surface area (Å²) in [6.45, 7) is 3.10. The van der Waals surface area contributed by atoms with E-state index in [1.807, 2.05) is 6.07 Å². The zero-order valence-corrected chi connectivity index (χ0v) is 6.65. The lowest BCUT2D eigenvalue weighted by atomic mass is 9.88. The van der Waals surface area contributed by atoms with Crippen molar-refractivity contribution in [2.45, 2.75) is 13.3 Å². The molecule has 1 aromatic rings. The van der Waals surface area contributed by atoms with Gasteiger partial charge in [-0.3, -0.25) is 0 Å². The van der Waals surface area contributed by atoms with Crippen LogP contribution in [0.15, 0.2) is 12.1 Å². The normalized spacial score (nSPS) is 14.3. The quantitative estimate of drug-likeness (QED) is 0.528. The largest absolute Gasteiger partial charge is 0.384 e. The van der Waals surface area contributed by atoms with Crippen molar-refractivity contribution in [3.05, 3.63) is 23.3 Å². The molecule has 1 aliphatic heterocycles. The molecule has 1 N–H and O–H groups in total. The Kier molecular flexibility index (Phi) is 1.41. The molecule has 2 radical (unpaired) electrons. The number of fused-ring (bicyclic) bond motifs is 1. The van der Waals surface area contributed by atoms with Crippen molar-refractivity contribution >= 4 is 19.0 Å². The van der Waals surface area contributed by atoms with Crippen molar-refractivity contribution < 1.29 is 0 Å². The van der Waals surface area contributed by atoms with Crippen LogP contribution in [0.5, 0.6) is 0 Å². The maximum Gasteiger partial charge on any atom is 0.114 e. The van der Waals surface area contributed by atoms with Gasteiger partial charge in [-0.2, -0.15) is 0 Å². The fourth-order valence-electron chi connectivity index (χ4n) is 1.60. The topological polar surface area (TPSA) is 12.0 Å². The van der Waals surface area contributed by atoms with E-state index >= 15 is 0 Å². The maximum atomic E-state index is 5.83. The minimum atomic E-state index is 0.935. The Labute approximate surface area is 68.2 Å². The van der Waals surface area contributed by atoms with E-state index in [9.17, 15) is 0 Å². The van der Waals surface area contributed by atoms with E-state index in [1.165, 1.54) is 16.8 Å². The standard InChI is InChI=1S/C9H10BN/c1-6-4-8(10)7-2-3-11-9(7)5-6/h4-5,11H,2-3H2,1H3. The SMILES string of the molecule is [B]c1cc(C)cc2c1CCN2. The van der Waals surface area contributed by atoms with Gasteiger partial charge in [0.1, 0.15) is 7.85 Å². The van der Waals surface area contributed by atoms with Crippen molar-refractivity contribution in [3.8, 4) is 0 Å². The molecule has 0 bridgehead atoms. The van der Waals surface area contributed by atoms with Gasteiger partial charge in [-0.1, -0.05) is 11.5 Å². The molecule has 1 nitrogen and oxygen atoms in total.